The van der Waals surface area contributed by atoms with Crippen molar-refractivity contribution in [3.05, 3.63) is 88.4 Å². The number of hydrogen-bond acceptors (Lipinski definition) is 5. The highest BCUT2D eigenvalue weighted by molar-refractivity contribution is 7.99. The molecule has 5 rings (SSSR count). The highest BCUT2D eigenvalue weighted by Crippen LogP contribution is 2.42. The van der Waals surface area contributed by atoms with Crippen LogP contribution in [0.1, 0.15) is 32.7 Å². The highest BCUT2D eigenvalue weighted by Gasteiger charge is 2.28. The van der Waals surface area contributed by atoms with Gasteiger partial charge in [-0.05, 0) is 61.0 Å². The maximum Gasteiger partial charge on any atom is 0.259 e. The smallest absolute Gasteiger partial charge is 0.259 e. The third kappa shape index (κ3) is 5.76. The van der Waals surface area contributed by atoms with Crippen LogP contribution in [0.2, 0.25) is 5.02 Å². The molecule has 2 amide bonds. The first-order chi connectivity index (χ1) is 17.6. The number of rotatable bonds is 7. The van der Waals surface area contributed by atoms with Crippen LogP contribution in [0.4, 0.5) is 5.69 Å². The second kappa shape index (κ2) is 11.5. The number of nitrogens with zero attached hydrogens (tertiary/aromatic N) is 2. The summed E-state index contributed by atoms with van der Waals surface area (Å²) in [4.78, 5) is 32.6. The second-order valence-corrected chi connectivity index (χ2v) is 10.4. The molecule has 6 nitrogen and oxygen atoms in total. The van der Waals surface area contributed by atoms with Crippen LogP contribution in [0.5, 0.6) is 0 Å². The zero-order valence-corrected chi connectivity index (χ0v) is 21.5. The summed E-state index contributed by atoms with van der Waals surface area (Å²) in [5.74, 6) is -0.235. The lowest BCUT2D eigenvalue weighted by Crippen LogP contribution is -2.38. The first-order valence-corrected chi connectivity index (χ1v) is 13.3. The number of fused-ring (bicyclic) bond motifs is 2. The molecule has 0 bridgehead atoms. The van der Waals surface area contributed by atoms with E-state index in [0.717, 1.165) is 60.3 Å². The molecular weight excluding hydrogens is 494 g/mol. The van der Waals surface area contributed by atoms with Crippen molar-refractivity contribution in [2.24, 2.45) is 0 Å². The quantitative estimate of drug-likeness (QED) is 0.438. The van der Waals surface area contributed by atoms with Crippen molar-refractivity contribution in [2.45, 2.75) is 22.8 Å². The lowest BCUT2D eigenvalue weighted by molar-refractivity contribution is 0.0374. The van der Waals surface area contributed by atoms with Gasteiger partial charge in [0.15, 0.2) is 0 Å². The number of nitrogens with one attached hydrogen (secondary N) is 1. The Kier molecular flexibility index (Phi) is 7.92. The van der Waals surface area contributed by atoms with Gasteiger partial charge in [0, 0.05) is 40.0 Å². The molecule has 1 fully saturated rings. The summed E-state index contributed by atoms with van der Waals surface area (Å²) in [5.41, 5.74) is 2.83. The average molecular weight is 522 g/mol. The number of amides is 2. The molecule has 0 aliphatic carbocycles. The van der Waals surface area contributed by atoms with Crippen molar-refractivity contribution < 1.29 is 14.3 Å². The number of hydrogen-bond donors (Lipinski definition) is 1. The normalized spacial score (nSPS) is 15.7. The molecule has 0 saturated carbocycles. The van der Waals surface area contributed by atoms with E-state index in [4.69, 9.17) is 16.3 Å². The van der Waals surface area contributed by atoms with E-state index in [9.17, 15) is 9.59 Å². The van der Waals surface area contributed by atoms with Crippen LogP contribution in [-0.2, 0) is 11.3 Å². The fourth-order valence-corrected chi connectivity index (χ4v) is 5.74. The molecule has 0 aromatic heterocycles. The molecule has 8 heteroatoms. The molecule has 36 heavy (non-hydrogen) atoms. The maximum atomic E-state index is 13.7. The SMILES string of the molecule is O=C(NCCCN1CCOCC1)c1ccc2c(c1)N(Cc1cccc(Cl)c1)C(=O)c1ccccc1S2. The predicted molar refractivity (Wildman–Crippen MR) is 143 cm³/mol. The van der Waals surface area contributed by atoms with Crippen molar-refractivity contribution in [1.29, 1.82) is 0 Å². The molecule has 2 aliphatic rings. The lowest BCUT2D eigenvalue weighted by atomic mass is 10.1. The molecule has 2 heterocycles. The number of carbonyl (C=O) groups excluding carboxylic acids is 2. The van der Waals surface area contributed by atoms with Crippen molar-refractivity contribution in [3.63, 3.8) is 0 Å². The molecular formula is C28H28ClN3O3S. The molecule has 0 spiro atoms. The summed E-state index contributed by atoms with van der Waals surface area (Å²) in [6.45, 7) is 5.31. The number of benzene rings is 3. The second-order valence-electron chi connectivity index (χ2n) is 8.87. The molecule has 3 aromatic rings. The third-order valence-electron chi connectivity index (χ3n) is 6.36. The van der Waals surface area contributed by atoms with Gasteiger partial charge >= 0.3 is 0 Å². The molecule has 0 unspecified atom stereocenters. The molecule has 186 valence electrons. The monoisotopic (exact) mass is 521 g/mol. The fraction of sp³-hybridized carbons (Fsp3) is 0.286. The Bertz CT molecular complexity index is 1260. The lowest BCUT2D eigenvalue weighted by Gasteiger charge is -2.26. The first kappa shape index (κ1) is 24.8. The van der Waals surface area contributed by atoms with Gasteiger partial charge in [0.2, 0.25) is 0 Å². The Labute approximate surface area is 220 Å². The van der Waals surface area contributed by atoms with E-state index in [2.05, 4.69) is 10.2 Å². The number of anilines is 1. The average Bonchev–Trinajstić information content (AvgIpc) is 3.01. The van der Waals surface area contributed by atoms with Crippen molar-refractivity contribution in [3.8, 4) is 0 Å². The number of ether oxygens (including phenoxy) is 1. The summed E-state index contributed by atoms with van der Waals surface area (Å²) in [6, 6.07) is 20.7. The number of halogens is 1. The van der Waals surface area contributed by atoms with E-state index >= 15 is 0 Å². The Balaban J connectivity index is 1.37. The van der Waals surface area contributed by atoms with Crippen LogP contribution in [-0.4, -0.2) is 56.1 Å². The minimum Gasteiger partial charge on any atom is -0.379 e. The van der Waals surface area contributed by atoms with Gasteiger partial charge in [0.05, 0.1) is 31.0 Å². The molecule has 1 saturated heterocycles. The standard InChI is InChI=1S/C28H28ClN3O3S/c29-22-6-3-5-20(17-22)19-32-24-18-21(27(33)30-11-4-12-31-13-15-35-16-14-31)9-10-26(24)36-25-8-2-1-7-23(25)28(32)34/h1-3,5-10,17-18H,4,11-16,19H2,(H,30,33). The first-order valence-electron chi connectivity index (χ1n) is 12.1. The molecule has 0 radical (unpaired) electrons. The van der Waals surface area contributed by atoms with Crippen LogP contribution in [0.3, 0.4) is 0 Å². The van der Waals surface area contributed by atoms with Gasteiger partial charge in [-0.25, -0.2) is 0 Å². The van der Waals surface area contributed by atoms with Crippen LogP contribution < -0.4 is 10.2 Å². The Morgan fingerprint density at radius 1 is 1.00 bits per heavy atom. The summed E-state index contributed by atoms with van der Waals surface area (Å²) in [6.07, 6.45) is 0.876. The van der Waals surface area contributed by atoms with Gasteiger partial charge in [-0.15, -0.1) is 0 Å². The van der Waals surface area contributed by atoms with Crippen LogP contribution in [0, 0.1) is 0 Å². The molecule has 3 aromatic carbocycles. The maximum absolute atomic E-state index is 13.7. The zero-order valence-electron chi connectivity index (χ0n) is 19.9. The number of carbonyl (C=O) groups is 2. The van der Waals surface area contributed by atoms with Crippen LogP contribution in [0.25, 0.3) is 0 Å². The predicted octanol–water partition coefficient (Wildman–Crippen LogP) is 5.10. The molecule has 2 aliphatic heterocycles. The van der Waals surface area contributed by atoms with E-state index in [1.165, 1.54) is 0 Å². The van der Waals surface area contributed by atoms with Crippen LogP contribution >= 0.6 is 23.4 Å². The summed E-state index contributed by atoms with van der Waals surface area (Å²) >= 11 is 7.77. The van der Waals surface area contributed by atoms with Crippen molar-refractivity contribution in [2.75, 3.05) is 44.3 Å². The van der Waals surface area contributed by atoms with Crippen molar-refractivity contribution >= 4 is 40.9 Å². The van der Waals surface area contributed by atoms with Gasteiger partial charge in [0.1, 0.15) is 0 Å². The van der Waals surface area contributed by atoms with Gasteiger partial charge < -0.3 is 15.0 Å². The van der Waals surface area contributed by atoms with E-state index in [1.807, 2.05) is 66.7 Å². The van der Waals surface area contributed by atoms with Crippen LogP contribution in [0.15, 0.2) is 76.5 Å². The largest absolute Gasteiger partial charge is 0.379 e. The zero-order chi connectivity index (χ0) is 24.9. The minimum atomic E-state index is -0.137. The fourth-order valence-electron chi connectivity index (χ4n) is 4.47. The third-order valence-corrected chi connectivity index (χ3v) is 7.74. The Hall–Kier alpha value is -2.84. The van der Waals surface area contributed by atoms with Gasteiger partial charge in [-0.3, -0.25) is 14.5 Å². The highest BCUT2D eigenvalue weighted by atomic mass is 35.5. The summed E-state index contributed by atoms with van der Waals surface area (Å²) < 4.78 is 5.39. The van der Waals surface area contributed by atoms with Gasteiger partial charge in [-0.2, -0.15) is 0 Å². The summed E-state index contributed by atoms with van der Waals surface area (Å²) in [7, 11) is 0. The topological polar surface area (TPSA) is 61.9 Å². The van der Waals surface area contributed by atoms with E-state index in [1.54, 1.807) is 16.7 Å². The van der Waals surface area contributed by atoms with E-state index in [-0.39, 0.29) is 11.8 Å². The van der Waals surface area contributed by atoms with Gasteiger partial charge in [0.25, 0.3) is 11.8 Å². The molecule has 1 N–H and O–H groups in total. The van der Waals surface area contributed by atoms with E-state index < -0.39 is 0 Å². The molecule has 0 atom stereocenters. The Morgan fingerprint density at radius 2 is 1.83 bits per heavy atom. The summed E-state index contributed by atoms with van der Waals surface area (Å²) in [5, 5.41) is 3.66. The number of morpholine rings is 1. The minimum absolute atomic E-state index is 0.0973. The van der Waals surface area contributed by atoms with Crippen molar-refractivity contribution in [1.82, 2.24) is 10.2 Å². The van der Waals surface area contributed by atoms with Gasteiger partial charge in [-0.1, -0.05) is 47.6 Å². The Morgan fingerprint density at radius 3 is 2.67 bits per heavy atom. The van der Waals surface area contributed by atoms with E-state index in [0.29, 0.717) is 29.2 Å².